The van der Waals surface area contributed by atoms with Gasteiger partial charge in [0.05, 0.1) is 36.6 Å². The van der Waals surface area contributed by atoms with Gasteiger partial charge in [-0.25, -0.2) is 9.69 Å². The summed E-state index contributed by atoms with van der Waals surface area (Å²) in [5.74, 6) is -0.470. The minimum Gasteiger partial charge on any atom is -0.495 e. The number of ether oxygens (including phenoxy) is 2. The highest BCUT2D eigenvalue weighted by Crippen LogP contribution is 2.32. The summed E-state index contributed by atoms with van der Waals surface area (Å²) in [7, 11) is 2.89. The van der Waals surface area contributed by atoms with Gasteiger partial charge in [0.15, 0.2) is 0 Å². The van der Waals surface area contributed by atoms with Crippen molar-refractivity contribution in [3.8, 4) is 17.2 Å². The Labute approximate surface area is 217 Å². The van der Waals surface area contributed by atoms with Crippen LogP contribution in [0.5, 0.6) is 11.5 Å². The Morgan fingerprint density at radius 3 is 2.47 bits per heavy atom. The van der Waals surface area contributed by atoms with E-state index < -0.39 is 29.3 Å². The summed E-state index contributed by atoms with van der Waals surface area (Å²) >= 11 is 0. The van der Waals surface area contributed by atoms with Gasteiger partial charge in [-0.3, -0.25) is 19.7 Å². The molecule has 0 atom stereocenters. The molecule has 12 nitrogen and oxygen atoms in total. The molecule has 1 aromatic heterocycles. The van der Waals surface area contributed by atoms with E-state index in [0.717, 1.165) is 10.6 Å². The van der Waals surface area contributed by atoms with Gasteiger partial charge in [-0.15, -0.1) is 0 Å². The molecule has 4 amide bonds. The number of aromatic nitrogens is 1. The number of urea groups is 1. The van der Waals surface area contributed by atoms with Gasteiger partial charge in [0, 0.05) is 17.5 Å². The topological polar surface area (TPSA) is 145 Å². The van der Waals surface area contributed by atoms with Crippen molar-refractivity contribution < 1.29 is 28.8 Å². The number of hydrogen-bond acceptors (Lipinski definition) is 7. The first kappa shape index (κ1) is 25.9. The van der Waals surface area contributed by atoms with E-state index in [2.05, 4.69) is 10.6 Å². The maximum atomic E-state index is 13.0. The van der Waals surface area contributed by atoms with E-state index in [0.29, 0.717) is 34.1 Å². The Bertz CT molecular complexity index is 1490. The van der Waals surface area contributed by atoms with Crippen LogP contribution in [0.4, 0.5) is 16.2 Å². The molecule has 1 saturated heterocycles. The van der Waals surface area contributed by atoms with E-state index in [1.54, 1.807) is 43.3 Å². The number of methoxy groups -OCH3 is 2. The quantitative estimate of drug-likeness (QED) is 0.200. The Balaban J connectivity index is 1.57. The first-order chi connectivity index (χ1) is 18.1. The van der Waals surface area contributed by atoms with Crippen molar-refractivity contribution in [3.05, 3.63) is 81.3 Å². The molecule has 2 N–H and O–H groups in total. The highest BCUT2D eigenvalue weighted by atomic mass is 16.6. The van der Waals surface area contributed by atoms with Gasteiger partial charge in [0.2, 0.25) is 5.91 Å². The van der Waals surface area contributed by atoms with E-state index in [-0.39, 0.29) is 11.4 Å². The summed E-state index contributed by atoms with van der Waals surface area (Å²) in [5.41, 5.74) is 3.00. The number of carbonyl (C=O) groups is 3. The van der Waals surface area contributed by atoms with E-state index in [1.807, 2.05) is 11.5 Å². The molecule has 38 heavy (non-hydrogen) atoms. The Morgan fingerprint density at radius 2 is 1.79 bits per heavy atom. The number of rotatable bonds is 8. The first-order valence-corrected chi connectivity index (χ1v) is 11.4. The van der Waals surface area contributed by atoms with Gasteiger partial charge in [-0.2, -0.15) is 0 Å². The number of aryl methyl sites for hydroxylation is 1. The number of non-ortho nitro benzene ring substituents is 1. The number of amides is 4. The van der Waals surface area contributed by atoms with Crippen LogP contribution in [-0.2, 0) is 9.59 Å². The van der Waals surface area contributed by atoms with Gasteiger partial charge in [0.25, 0.3) is 11.6 Å². The fourth-order valence-corrected chi connectivity index (χ4v) is 4.22. The molecule has 1 aliphatic heterocycles. The van der Waals surface area contributed by atoms with Gasteiger partial charge >= 0.3 is 6.03 Å². The lowest BCUT2D eigenvalue weighted by atomic mass is 10.2. The van der Waals surface area contributed by atoms with Crippen molar-refractivity contribution >= 4 is 35.3 Å². The monoisotopic (exact) mass is 519 g/mol. The molecule has 4 rings (SSSR count). The van der Waals surface area contributed by atoms with E-state index in [4.69, 9.17) is 9.47 Å². The Hall–Kier alpha value is -5.13. The number of imide groups is 1. The third-order valence-electron chi connectivity index (χ3n) is 6.03. The highest BCUT2D eigenvalue weighted by Gasteiger charge is 2.35. The standard InChI is InChI=1S/C26H25N5O7/c1-15-11-17(16(2)30(15)21-10-9-18(31(35)36)13-23(21)38-4)12-20-25(33)29(26(34)28-20)14-24(32)27-19-7-5-6-8-22(19)37-3/h5-13H,14H2,1-4H3,(H,27,32)(H,28,34)/b20-12+. The van der Waals surface area contributed by atoms with E-state index in [1.165, 1.54) is 32.4 Å². The number of para-hydroxylation sites is 2. The Morgan fingerprint density at radius 1 is 1.08 bits per heavy atom. The van der Waals surface area contributed by atoms with Crippen molar-refractivity contribution in [1.29, 1.82) is 0 Å². The lowest BCUT2D eigenvalue weighted by Gasteiger charge is -2.14. The van der Waals surface area contributed by atoms with Crippen LogP contribution in [0.15, 0.2) is 54.2 Å². The predicted octanol–water partition coefficient (Wildman–Crippen LogP) is 3.55. The zero-order valence-electron chi connectivity index (χ0n) is 21.1. The molecule has 1 fully saturated rings. The summed E-state index contributed by atoms with van der Waals surface area (Å²) in [4.78, 5) is 49.5. The average Bonchev–Trinajstić information content (AvgIpc) is 3.32. The van der Waals surface area contributed by atoms with Crippen LogP contribution in [0, 0.1) is 24.0 Å². The molecule has 196 valence electrons. The molecule has 2 heterocycles. The van der Waals surface area contributed by atoms with Crippen LogP contribution < -0.4 is 20.1 Å². The number of nitro groups is 1. The molecular formula is C26H25N5O7. The molecule has 0 radical (unpaired) electrons. The lowest BCUT2D eigenvalue weighted by molar-refractivity contribution is -0.384. The van der Waals surface area contributed by atoms with Crippen molar-refractivity contribution in [2.45, 2.75) is 13.8 Å². The second-order valence-electron chi connectivity index (χ2n) is 8.40. The number of anilines is 1. The molecule has 3 aromatic rings. The van der Waals surface area contributed by atoms with Gasteiger partial charge in [-0.05, 0) is 49.8 Å². The smallest absolute Gasteiger partial charge is 0.329 e. The van der Waals surface area contributed by atoms with Gasteiger partial charge in [0.1, 0.15) is 23.7 Å². The second-order valence-corrected chi connectivity index (χ2v) is 8.40. The molecule has 0 spiro atoms. The molecule has 1 aliphatic rings. The molecular weight excluding hydrogens is 494 g/mol. The summed E-state index contributed by atoms with van der Waals surface area (Å²) < 4.78 is 12.4. The number of benzene rings is 2. The van der Waals surface area contributed by atoms with Crippen LogP contribution >= 0.6 is 0 Å². The van der Waals surface area contributed by atoms with Crippen LogP contribution in [0.3, 0.4) is 0 Å². The zero-order chi connectivity index (χ0) is 27.6. The summed E-state index contributed by atoms with van der Waals surface area (Å²) in [6, 6.07) is 12.2. The largest absolute Gasteiger partial charge is 0.495 e. The predicted molar refractivity (Wildman–Crippen MR) is 138 cm³/mol. The fourth-order valence-electron chi connectivity index (χ4n) is 4.22. The maximum Gasteiger partial charge on any atom is 0.329 e. The van der Waals surface area contributed by atoms with Gasteiger partial charge in [-0.1, -0.05) is 12.1 Å². The minimum absolute atomic E-state index is 0.0102. The normalized spacial score (nSPS) is 14.0. The summed E-state index contributed by atoms with van der Waals surface area (Å²) in [5, 5.41) is 16.3. The number of hydrogen-bond donors (Lipinski definition) is 2. The van der Waals surface area contributed by atoms with Crippen LogP contribution in [0.2, 0.25) is 0 Å². The first-order valence-electron chi connectivity index (χ1n) is 11.4. The van der Waals surface area contributed by atoms with E-state index >= 15 is 0 Å². The second kappa shape index (κ2) is 10.5. The van der Waals surface area contributed by atoms with Crippen LogP contribution in [0.25, 0.3) is 11.8 Å². The number of carbonyl (C=O) groups excluding carboxylic acids is 3. The van der Waals surface area contributed by atoms with Crippen molar-refractivity contribution in [1.82, 2.24) is 14.8 Å². The summed E-state index contributed by atoms with van der Waals surface area (Å²) in [6.45, 7) is 3.15. The average molecular weight is 520 g/mol. The fraction of sp³-hybridized carbons (Fsp3) is 0.192. The number of nitrogens with zero attached hydrogens (tertiary/aromatic N) is 3. The van der Waals surface area contributed by atoms with Crippen LogP contribution in [0.1, 0.15) is 17.0 Å². The highest BCUT2D eigenvalue weighted by molar-refractivity contribution is 6.16. The lowest BCUT2D eigenvalue weighted by Crippen LogP contribution is -2.38. The minimum atomic E-state index is -0.720. The zero-order valence-corrected chi connectivity index (χ0v) is 21.1. The van der Waals surface area contributed by atoms with Crippen molar-refractivity contribution in [2.24, 2.45) is 0 Å². The third-order valence-corrected chi connectivity index (χ3v) is 6.03. The van der Waals surface area contributed by atoms with Crippen LogP contribution in [-0.4, -0.2) is 53.0 Å². The Kier molecular flexibility index (Phi) is 7.15. The van der Waals surface area contributed by atoms with Gasteiger partial charge < -0.3 is 24.7 Å². The van der Waals surface area contributed by atoms with Crippen molar-refractivity contribution in [3.63, 3.8) is 0 Å². The molecule has 0 saturated carbocycles. The third kappa shape index (κ3) is 4.91. The molecule has 2 aromatic carbocycles. The van der Waals surface area contributed by atoms with Crippen molar-refractivity contribution in [2.75, 3.05) is 26.1 Å². The number of nitrogens with one attached hydrogen (secondary N) is 2. The molecule has 12 heteroatoms. The summed E-state index contributed by atoms with van der Waals surface area (Å²) in [6.07, 6.45) is 1.52. The SMILES string of the molecule is COc1ccccc1NC(=O)CN1C(=O)N/C(=C/c2cc(C)n(-c3ccc([N+](=O)[O-])cc3OC)c2C)C1=O. The molecule has 0 aliphatic carbocycles. The maximum absolute atomic E-state index is 13.0. The number of nitro benzene ring substituents is 1. The molecule has 0 unspecified atom stereocenters. The van der Waals surface area contributed by atoms with E-state index in [9.17, 15) is 24.5 Å². The molecule has 0 bridgehead atoms.